The number of rotatable bonds is 7. The lowest BCUT2D eigenvalue weighted by molar-refractivity contribution is 0.0806. The first-order valence-electron chi connectivity index (χ1n) is 12.1. The van der Waals surface area contributed by atoms with Gasteiger partial charge >= 0.3 is 6.09 Å². The molecule has 3 aliphatic rings. The zero-order valence-electron chi connectivity index (χ0n) is 19.7. The van der Waals surface area contributed by atoms with Crippen molar-refractivity contribution in [2.45, 2.75) is 51.9 Å². The Hall–Kier alpha value is -2.71. The monoisotopic (exact) mass is 450 g/mol. The van der Waals surface area contributed by atoms with Crippen molar-refractivity contribution in [3.63, 3.8) is 0 Å². The zero-order valence-corrected chi connectivity index (χ0v) is 19.7. The van der Waals surface area contributed by atoms with Gasteiger partial charge in [0.25, 0.3) is 0 Å². The number of benzene rings is 1. The van der Waals surface area contributed by atoms with Gasteiger partial charge in [-0.25, -0.2) is 9.78 Å². The fourth-order valence-electron chi connectivity index (χ4n) is 5.02. The Labute approximate surface area is 195 Å². The van der Waals surface area contributed by atoms with Gasteiger partial charge in [0.15, 0.2) is 0 Å². The molecule has 4 heterocycles. The van der Waals surface area contributed by atoms with Crippen LogP contribution in [0.5, 0.6) is 0 Å². The van der Waals surface area contributed by atoms with Gasteiger partial charge in [0.05, 0.1) is 12.1 Å². The van der Waals surface area contributed by atoms with Gasteiger partial charge in [-0.05, 0) is 55.5 Å². The fourth-order valence-corrected chi connectivity index (χ4v) is 5.02. The predicted octanol–water partition coefficient (Wildman–Crippen LogP) is 3.42. The Morgan fingerprint density at radius 2 is 2.03 bits per heavy atom. The molecule has 33 heavy (non-hydrogen) atoms. The number of ether oxygens (including phenoxy) is 1. The molecule has 3 aliphatic heterocycles. The van der Waals surface area contributed by atoms with Crippen molar-refractivity contribution in [3.05, 3.63) is 47.7 Å². The second-order valence-corrected chi connectivity index (χ2v) is 9.90. The summed E-state index contributed by atoms with van der Waals surface area (Å²) >= 11 is 0. The van der Waals surface area contributed by atoms with Gasteiger partial charge in [-0.1, -0.05) is 38.1 Å². The lowest BCUT2D eigenvalue weighted by Crippen LogP contribution is -2.61. The fraction of sp³-hybridized carbons (Fsp3) is 0.560. The molecule has 0 spiro atoms. The number of cyclic esters (lactones) is 1. The molecule has 1 aromatic carbocycles. The van der Waals surface area contributed by atoms with Crippen molar-refractivity contribution in [3.8, 4) is 0 Å². The Morgan fingerprint density at radius 3 is 2.73 bits per heavy atom. The van der Waals surface area contributed by atoms with Crippen LogP contribution in [0.15, 0.2) is 36.5 Å². The number of hydrogen-bond donors (Lipinski definition) is 2. The third-order valence-electron chi connectivity index (χ3n) is 7.28. The number of nitrogens with zero attached hydrogens (tertiary/aromatic N) is 4. The number of amides is 1. The molecule has 2 N–H and O–H groups in total. The molecule has 5 rings (SSSR count). The SMILES string of the molecule is CC(C)[C@H]1COC(=O)N1c1ccnc(N[C@@H](C)c2ccc(CN3CCC4CNC4C3)cc2)n1. The van der Waals surface area contributed by atoms with Crippen molar-refractivity contribution < 1.29 is 9.53 Å². The van der Waals surface area contributed by atoms with Crippen molar-refractivity contribution in [2.24, 2.45) is 11.8 Å². The summed E-state index contributed by atoms with van der Waals surface area (Å²) < 4.78 is 5.26. The van der Waals surface area contributed by atoms with Gasteiger partial charge in [0.1, 0.15) is 12.4 Å². The molecule has 0 bridgehead atoms. The summed E-state index contributed by atoms with van der Waals surface area (Å²) in [5.41, 5.74) is 2.52. The molecule has 0 aliphatic carbocycles. The molecule has 8 nitrogen and oxygen atoms in total. The standard InChI is InChI=1S/C25H34N6O2/c1-16(2)22-15-33-25(32)31(22)23-8-10-26-24(29-23)28-17(3)19-6-4-18(5-7-19)13-30-11-9-20-12-27-21(20)14-30/h4-8,10,16-17,20-22,27H,9,11-15H2,1-3H3,(H,26,28,29)/t17-,20?,21?,22+/m0/s1. The average Bonchev–Trinajstić information content (AvgIpc) is 3.18. The minimum absolute atomic E-state index is 0.0175. The molecule has 4 atom stereocenters. The minimum Gasteiger partial charge on any atom is -0.447 e. The number of carbonyl (C=O) groups excluding carboxylic acids is 1. The summed E-state index contributed by atoms with van der Waals surface area (Å²) in [6.45, 7) is 11.2. The van der Waals surface area contributed by atoms with E-state index in [0.717, 1.165) is 19.0 Å². The van der Waals surface area contributed by atoms with Crippen LogP contribution in [-0.4, -0.2) is 59.3 Å². The molecular weight excluding hydrogens is 416 g/mol. The summed E-state index contributed by atoms with van der Waals surface area (Å²) in [5.74, 6) is 2.24. The average molecular weight is 451 g/mol. The first-order valence-corrected chi connectivity index (χ1v) is 12.1. The highest BCUT2D eigenvalue weighted by Gasteiger charge is 2.37. The van der Waals surface area contributed by atoms with Crippen LogP contribution in [-0.2, 0) is 11.3 Å². The van der Waals surface area contributed by atoms with Gasteiger partial charge in [-0.15, -0.1) is 0 Å². The van der Waals surface area contributed by atoms with Crippen molar-refractivity contribution in [1.29, 1.82) is 0 Å². The summed E-state index contributed by atoms with van der Waals surface area (Å²) in [7, 11) is 0. The molecule has 1 amide bonds. The topological polar surface area (TPSA) is 82.6 Å². The van der Waals surface area contributed by atoms with Crippen LogP contribution in [0.25, 0.3) is 0 Å². The highest BCUT2D eigenvalue weighted by atomic mass is 16.6. The van der Waals surface area contributed by atoms with Crippen LogP contribution in [0.4, 0.5) is 16.6 Å². The van der Waals surface area contributed by atoms with Crippen LogP contribution in [0.2, 0.25) is 0 Å². The molecule has 3 saturated heterocycles. The van der Waals surface area contributed by atoms with E-state index in [9.17, 15) is 4.79 Å². The number of carbonyl (C=O) groups is 1. The van der Waals surface area contributed by atoms with Gasteiger partial charge in [0.2, 0.25) is 5.95 Å². The van der Waals surface area contributed by atoms with Crippen LogP contribution >= 0.6 is 0 Å². The lowest BCUT2D eigenvalue weighted by Gasteiger charge is -2.46. The lowest BCUT2D eigenvalue weighted by atomic mass is 9.85. The Kier molecular flexibility index (Phi) is 6.21. The third-order valence-corrected chi connectivity index (χ3v) is 7.28. The van der Waals surface area contributed by atoms with E-state index in [4.69, 9.17) is 4.74 Å². The number of hydrogen-bond acceptors (Lipinski definition) is 7. The second-order valence-electron chi connectivity index (χ2n) is 9.90. The number of likely N-dealkylation sites (tertiary alicyclic amines) is 1. The predicted molar refractivity (Wildman–Crippen MR) is 128 cm³/mol. The van der Waals surface area contributed by atoms with E-state index in [-0.39, 0.29) is 24.1 Å². The second kappa shape index (κ2) is 9.27. The van der Waals surface area contributed by atoms with E-state index < -0.39 is 0 Å². The normalized spacial score (nSPS) is 26.0. The Balaban J connectivity index is 1.21. The highest BCUT2D eigenvalue weighted by Crippen LogP contribution is 2.27. The maximum atomic E-state index is 12.3. The molecule has 0 radical (unpaired) electrons. The maximum Gasteiger partial charge on any atom is 0.415 e. The Bertz CT molecular complexity index is 981. The van der Waals surface area contributed by atoms with Crippen LogP contribution in [0.3, 0.4) is 0 Å². The van der Waals surface area contributed by atoms with Gasteiger partial charge in [-0.2, -0.15) is 4.98 Å². The van der Waals surface area contributed by atoms with Crippen LogP contribution < -0.4 is 15.5 Å². The number of aromatic nitrogens is 2. The summed E-state index contributed by atoms with van der Waals surface area (Å²) in [6, 6.07) is 11.3. The largest absolute Gasteiger partial charge is 0.447 e. The van der Waals surface area contributed by atoms with Crippen LogP contribution in [0.1, 0.15) is 44.4 Å². The molecule has 1 aromatic heterocycles. The molecule has 0 saturated carbocycles. The van der Waals surface area contributed by atoms with E-state index in [1.807, 2.05) is 0 Å². The van der Waals surface area contributed by atoms with E-state index >= 15 is 0 Å². The van der Waals surface area contributed by atoms with Gasteiger partial charge in [-0.3, -0.25) is 9.80 Å². The van der Waals surface area contributed by atoms with E-state index in [1.165, 1.54) is 30.6 Å². The highest BCUT2D eigenvalue weighted by molar-refractivity contribution is 5.89. The van der Waals surface area contributed by atoms with Crippen LogP contribution in [0, 0.1) is 11.8 Å². The third kappa shape index (κ3) is 4.68. The first kappa shape index (κ1) is 22.1. The smallest absolute Gasteiger partial charge is 0.415 e. The number of anilines is 2. The van der Waals surface area contributed by atoms with E-state index in [2.05, 4.69) is 70.5 Å². The summed E-state index contributed by atoms with van der Waals surface area (Å²) in [4.78, 5) is 25.4. The first-order chi connectivity index (χ1) is 16.0. The summed E-state index contributed by atoms with van der Waals surface area (Å²) in [6.07, 6.45) is 2.64. The van der Waals surface area contributed by atoms with Gasteiger partial charge in [0, 0.05) is 25.3 Å². The quantitative estimate of drug-likeness (QED) is 0.669. The van der Waals surface area contributed by atoms with Crippen molar-refractivity contribution in [1.82, 2.24) is 20.2 Å². The molecular formula is C25H34N6O2. The molecule has 2 unspecified atom stereocenters. The minimum atomic E-state index is -0.348. The van der Waals surface area contributed by atoms with Gasteiger partial charge < -0.3 is 15.4 Å². The molecule has 8 heteroatoms. The summed E-state index contributed by atoms with van der Waals surface area (Å²) in [5, 5.41) is 6.93. The van der Waals surface area contributed by atoms with Crippen molar-refractivity contribution in [2.75, 3.05) is 36.5 Å². The zero-order chi connectivity index (χ0) is 22.9. The number of nitrogens with one attached hydrogen (secondary N) is 2. The number of piperidine rings is 1. The Morgan fingerprint density at radius 1 is 1.21 bits per heavy atom. The molecule has 2 aromatic rings. The van der Waals surface area contributed by atoms with E-state index in [0.29, 0.717) is 24.4 Å². The van der Waals surface area contributed by atoms with E-state index in [1.54, 1.807) is 17.2 Å². The molecule has 3 fully saturated rings. The number of fused-ring (bicyclic) bond motifs is 1. The van der Waals surface area contributed by atoms with Crippen molar-refractivity contribution >= 4 is 17.9 Å². The maximum absolute atomic E-state index is 12.3. The molecule has 176 valence electrons.